The highest BCUT2D eigenvalue weighted by Crippen LogP contribution is 2.10. The monoisotopic (exact) mass is 204 g/mol. The van der Waals surface area contributed by atoms with Crippen LogP contribution in [0.15, 0.2) is 0 Å². The van der Waals surface area contributed by atoms with E-state index in [9.17, 15) is 0 Å². The zero-order valence-corrected chi connectivity index (χ0v) is 8.87. The average Bonchev–Trinajstić information content (AvgIpc) is 2.46. The van der Waals surface area contributed by atoms with E-state index in [-0.39, 0.29) is 6.10 Å². The molecule has 4 nitrogen and oxygen atoms in total. The Morgan fingerprint density at radius 1 is 1.29 bits per heavy atom. The van der Waals surface area contributed by atoms with Gasteiger partial charge < -0.3 is 18.9 Å². The van der Waals surface area contributed by atoms with Crippen LogP contribution >= 0.6 is 0 Å². The van der Waals surface area contributed by atoms with Crippen LogP contribution in [-0.4, -0.2) is 46.4 Å². The number of hydrogen-bond acceptors (Lipinski definition) is 4. The molecule has 1 saturated heterocycles. The zero-order valence-electron chi connectivity index (χ0n) is 8.87. The van der Waals surface area contributed by atoms with E-state index in [1.807, 2.05) is 0 Å². The van der Waals surface area contributed by atoms with E-state index in [1.165, 1.54) is 6.42 Å². The van der Waals surface area contributed by atoms with Crippen molar-refractivity contribution in [3.05, 3.63) is 0 Å². The second-order valence-corrected chi connectivity index (χ2v) is 3.38. The van der Waals surface area contributed by atoms with Crippen LogP contribution in [0, 0.1) is 0 Å². The van der Waals surface area contributed by atoms with Crippen LogP contribution < -0.4 is 0 Å². The normalized spacial score (nSPS) is 23.4. The summed E-state index contributed by atoms with van der Waals surface area (Å²) in [6, 6.07) is 0. The molecule has 1 atom stereocenters. The molecular formula is C10H20O4. The fourth-order valence-electron chi connectivity index (χ4n) is 1.35. The number of ether oxygens (including phenoxy) is 4. The van der Waals surface area contributed by atoms with Gasteiger partial charge in [-0.3, -0.25) is 0 Å². The molecule has 1 heterocycles. The van der Waals surface area contributed by atoms with E-state index in [4.69, 9.17) is 18.9 Å². The zero-order chi connectivity index (χ0) is 10.1. The van der Waals surface area contributed by atoms with Crippen molar-refractivity contribution >= 4 is 0 Å². The quantitative estimate of drug-likeness (QED) is 0.481. The van der Waals surface area contributed by atoms with Crippen molar-refractivity contribution in [3.8, 4) is 0 Å². The van der Waals surface area contributed by atoms with Gasteiger partial charge in [0.15, 0.2) is 0 Å². The third-order valence-corrected chi connectivity index (χ3v) is 2.19. The number of methoxy groups -OCH3 is 1. The highest BCUT2D eigenvalue weighted by molar-refractivity contribution is 4.60. The van der Waals surface area contributed by atoms with Gasteiger partial charge in [0, 0.05) is 13.7 Å². The third kappa shape index (κ3) is 5.54. The summed E-state index contributed by atoms with van der Waals surface area (Å²) in [7, 11) is 1.66. The SMILES string of the molecule is COCCOCO[C@@H]1CCCCOC1. The summed E-state index contributed by atoms with van der Waals surface area (Å²) in [4.78, 5) is 0. The summed E-state index contributed by atoms with van der Waals surface area (Å²) < 4.78 is 21.0. The lowest BCUT2D eigenvalue weighted by atomic mass is 10.2. The fourth-order valence-corrected chi connectivity index (χ4v) is 1.35. The topological polar surface area (TPSA) is 36.9 Å². The van der Waals surface area contributed by atoms with Gasteiger partial charge in [-0.25, -0.2) is 0 Å². The minimum atomic E-state index is 0.208. The largest absolute Gasteiger partial charge is 0.382 e. The van der Waals surface area contributed by atoms with Crippen molar-refractivity contribution in [2.45, 2.75) is 25.4 Å². The summed E-state index contributed by atoms with van der Waals surface area (Å²) in [5, 5.41) is 0. The standard InChI is InChI=1S/C10H20O4/c1-11-6-7-13-9-14-10-4-2-3-5-12-8-10/h10H,2-9H2,1H3/t10-/m1/s1. The predicted octanol–water partition coefficient (Wildman–Crippen LogP) is 1.19. The Labute approximate surface area is 85.5 Å². The Morgan fingerprint density at radius 3 is 3.07 bits per heavy atom. The highest BCUT2D eigenvalue weighted by Gasteiger charge is 2.12. The molecule has 0 bridgehead atoms. The molecule has 1 aliphatic heterocycles. The first kappa shape index (κ1) is 11.9. The van der Waals surface area contributed by atoms with Crippen LogP contribution in [0.3, 0.4) is 0 Å². The van der Waals surface area contributed by atoms with Crippen molar-refractivity contribution < 1.29 is 18.9 Å². The molecule has 1 aliphatic rings. The molecule has 0 aromatic carbocycles. The molecule has 1 fully saturated rings. The number of rotatable bonds is 6. The lowest BCUT2D eigenvalue weighted by Crippen LogP contribution is -2.20. The van der Waals surface area contributed by atoms with E-state index in [2.05, 4.69) is 0 Å². The molecule has 0 aliphatic carbocycles. The maximum absolute atomic E-state index is 5.51. The second kappa shape index (κ2) is 8.17. The molecule has 0 aromatic rings. The van der Waals surface area contributed by atoms with Gasteiger partial charge in [0.25, 0.3) is 0 Å². The predicted molar refractivity (Wildman–Crippen MR) is 52.2 cm³/mol. The van der Waals surface area contributed by atoms with Crippen LogP contribution in [0.4, 0.5) is 0 Å². The third-order valence-electron chi connectivity index (χ3n) is 2.19. The molecular weight excluding hydrogens is 184 g/mol. The first-order valence-corrected chi connectivity index (χ1v) is 5.19. The van der Waals surface area contributed by atoms with Gasteiger partial charge in [-0.05, 0) is 19.3 Å². The molecule has 84 valence electrons. The lowest BCUT2D eigenvalue weighted by Gasteiger charge is -2.14. The summed E-state index contributed by atoms with van der Waals surface area (Å²) >= 11 is 0. The first-order valence-electron chi connectivity index (χ1n) is 5.19. The minimum Gasteiger partial charge on any atom is -0.382 e. The Kier molecular flexibility index (Phi) is 6.95. The highest BCUT2D eigenvalue weighted by atomic mass is 16.7. The van der Waals surface area contributed by atoms with Crippen LogP contribution in [0.25, 0.3) is 0 Å². The summed E-state index contributed by atoms with van der Waals surface area (Å²) in [5.74, 6) is 0. The van der Waals surface area contributed by atoms with E-state index < -0.39 is 0 Å². The Hall–Kier alpha value is -0.160. The van der Waals surface area contributed by atoms with Crippen LogP contribution in [0.5, 0.6) is 0 Å². The molecule has 0 N–H and O–H groups in total. The lowest BCUT2D eigenvalue weighted by molar-refractivity contribution is -0.113. The first-order chi connectivity index (χ1) is 6.93. The average molecular weight is 204 g/mol. The van der Waals surface area contributed by atoms with Crippen LogP contribution in [0.2, 0.25) is 0 Å². The van der Waals surface area contributed by atoms with E-state index >= 15 is 0 Å². The van der Waals surface area contributed by atoms with Gasteiger partial charge >= 0.3 is 0 Å². The van der Waals surface area contributed by atoms with Gasteiger partial charge in [-0.2, -0.15) is 0 Å². The van der Waals surface area contributed by atoms with Gasteiger partial charge in [0.05, 0.1) is 25.9 Å². The van der Waals surface area contributed by atoms with Crippen molar-refractivity contribution in [2.75, 3.05) is 40.3 Å². The molecule has 0 radical (unpaired) electrons. The molecule has 4 heteroatoms. The molecule has 0 spiro atoms. The van der Waals surface area contributed by atoms with Gasteiger partial charge in [-0.15, -0.1) is 0 Å². The maximum atomic E-state index is 5.51. The molecule has 14 heavy (non-hydrogen) atoms. The van der Waals surface area contributed by atoms with E-state index in [0.29, 0.717) is 26.6 Å². The summed E-state index contributed by atoms with van der Waals surface area (Å²) in [5.41, 5.74) is 0. The molecule has 0 amide bonds. The Morgan fingerprint density at radius 2 is 2.21 bits per heavy atom. The summed E-state index contributed by atoms with van der Waals surface area (Å²) in [6.45, 7) is 3.12. The fraction of sp³-hybridized carbons (Fsp3) is 1.00. The van der Waals surface area contributed by atoms with Crippen molar-refractivity contribution in [3.63, 3.8) is 0 Å². The second-order valence-electron chi connectivity index (χ2n) is 3.38. The summed E-state index contributed by atoms with van der Waals surface area (Å²) in [6.07, 6.45) is 3.61. The molecule has 0 saturated carbocycles. The molecule has 0 aromatic heterocycles. The van der Waals surface area contributed by atoms with Crippen molar-refractivity contribution in [1.29, 1.82) is 0 Å². The van der Waals surface area contributed by atoms with Crippen LogP contribution in [-0.2, 0) is 18.9 Å². The van der Waals surface area contributed by atoms with Gasteiger partial charge in [0.1, 0.15) is 6.79 Å². The smallest absolute Gasteiger partial charge is 0.147 e. The Bertz CT molecular complexity index is 121. The van der Waals surface area contributed by atoms with Crippen LogP contribution in [0.1, 0.15) is 19.3 Å². The number of hydrogen-bond donors (Lipinski definition) is 0. The van der Waals surface area contributed by atoms with Crippen molar-refractivity contribution in [2.24, 2.45) is 0 Å². The van der Waals surface area contributed by atoms with Gasteiger partial charge in [0.2, 0.25) is 0 Å². The van der Waals surface area contributed by atoms with Crippen molar-refractivity contribution in [1.82, 2.24) is 0 Å². The molecule has 0 unspecified atom stereocenters. The van der Waals surface area contributed by atoms with E-state index in [1.54, 1.807) is 7.11 Å². The Balaban J connectivity index is 1.93. The minimum absolute atomic E-state index is 0.208. The molecule has 1 rings (SSSR count). The van der Waals surface area contributed by atoms with E-state index in [0.717, 1.165) is 19.4 Å². The van der Waals surface area contributed by atoms with Gasteiger partial charge in [-0.1, -0.05) is 0 Å². The maximum Gasteiger partial charge on any atom is 0.147 e.